The van der Waals surface area contributed by atoms with E-state index in [1.165, 1.54) is 71.5 Å². The summed E-state index contributed by atoms with van der Waals surface area (Å²) in [6.07, 6.45) is 9.00. The zero-order chi connectivity index (χ0) is 40.7. The molecule has 0 aliphatic heterocycles. The van der Waals surface area contributed by atoms with Gasteiger partial charge in [-0.3, -0.25) is 0 Å². The van der Waals surface area contributed by atoms with E-state index in [1.54, 1.807) is 0 Å². The smallest absolute Gasteiger partial charge is 0.0625 e. The number of anilines is 3. The third kappa shape index (κ3) is 6.63. The molecule has 11 rings (SSSR count). The van der Waals surface area contributed by atoms with Gasteiger partial charge in [-0.2, -0.15) is 0 Å². The van der Waals surface area contributed by atoms with Crippen LogP contribution in [-0.4, -0.2) is 4.57 Å². The summed E-state index contributed by atoms with van der Waals surface area (Å²) in [7, 11) is 0. The zero-order valence-corrected chi connectivity index (χ0v) is 34.1. The summed E-state index contributed by atoms with van der Waals surface area (Å²) in [4.78, 5) is 2.42. The molecular formula is C59H44N2. The van der Waals surface area contributed by atoms with Crippen LogP contribution in [0.3, 0.4) is 0 Å². The molecule has 0 bridgehead atoms. The summed E-state index contributed by atoms with van der Waals surface area (Å²) in [5, 5.41) is 4.97. The highest BCUT2D eigenvalue weighted by atomic mass is 15.1. The molecule has 2 atom stereocenters. The predicted octanol–water partition coefficient (Wildman–Crippen LogP) is 16.3. The van der Waals surface area contributed by atoms with Crippen molar-refractivity contribution in [1.82, 2.24) is 4.57 Å². The van der Waals surface area contributed by atoms with Gasteiger partial charge >= 0.3 is 0 Å². The standard InChI is InChI=1S/C59H44N2/c1-41-16-8-10-26-53(41)46-20-14-24-51(38-46)60(50-36-34-45(35-37-50)44-32-30-43(31-33-44)42-17-4-2-5-18-42)52-25-15-21-47(39-52)56-40-48-19-9-11-27-54(48)59-58(56)55-28-12-13-29-57(55)61(59)49-22-6-3-7-23-49/h2-41,53H,1H3. The lowest BCUT2D eigenvalue weighted by atomic mass is 9.84. The first-order chi connectivity index (χ1) is 30.2. The van der Waals surface area contributed by atoms with Gasteiger partial charge in [-0.25, -0.2) is 0 Å². The maximum absolute atomic E-state index is 2.45. The van der Waals surface area contributed by atoms with Gasteiger partial charge in [0.25, 0.3) is 0 Å². The fourth-order valence-electron chi connectivity index (χ4n) is 9.46. The van der Waals surface area contributed by atoms with Crippen molar-refractivity contribution in [2.24, 2.45) is 5.92 Å². The van der Waals surface area contributed by atoms with Gasteiger partial charge in [0.05, 0.1) is 11.0 Å². The Hall–Kier alpha value is -7.68. The van der Waals surface area contributed by atoms with Gasteiger partial charge in [0.2, 0.25) is 0 Å². The summed E-state index contributed by atoms with van der Waals surface area (Å²) in [6, 6.07) is 77.7. The number of nitrogens with zero attached hydrogens (tertiary/aromatic N) is 2. The first-order valence-corrected chi connectivity index (χ1v) is 21.3. The second-order valence-corrected chi connectivity index (χ2v) is 16.2. The number of aromatic nitrogens is 1. The van der Waals surface area contributed by atoms with Crippen molar-refractivity contribution in [2.45, 2.75) is 12.8 Å². The van der Waals surface area contributed by atoms with Crippen LogP contribution in [0.2, 0.25) is 0 Å². The predicted molar refractivity (Wildman–Crippen MR) is 259 cm³/mol. The van der Waals surface area contributed by atoms with Crippen molar-refractivity contribution in [3.63, 3.8) is 0 Å². The van der Waals surface area contributed by atoms with Crippen LogP contribution in [0.4, 0.5) is 17.1 Å². The maximum atomic E-state index is 2.45. The fourth-order valence-corrected chi connectivity index (χ4v) is 9.46. The number of fused-ring (bicyclic) bond motifs is 5. The Labute approximate surface area is 357 Å². The summed E-state index contributed by atoms with van der Waals surface area (Å²) in [6.45, 7) is 2.31. The van der Waals surface area contributed by atoms with Crippen LogP contribution in [0.1, 0.15) is 18.4 Å². The van der Waals surface area contributed by atoms with Crippen molar-refractivity contribution in [3.8, 4) is 39.1 Å². The molecule has 2 nitrogen and oxygen atoms in total. The second-order valence-electron chi connectivity index (χ2n) is 16.2. The molecule has 1 aliphatic rings. The molecule has 1 aromatic heterocycles. The van der Waals surface area contributed by atoms with Gasteiger partial charge in [-0.05, 0) is 111 Å². The van der Waals surface area contributed by atoms with E-state index >= 15 is 0 Å². The Bertz CT molecular complexity index is 3240. The highest BCUT2D eigenvalue weighted by Crippen LogP contribution is 2.45. The average molecular weight is 781 g/mol. The van der Waals surface area contributed by atoms with E-state index in [0.29, 0.717) is 11.8 Å². The quantitative estimate of drug-likeness (QED) is 0.149. The average Bonchev–Trinajstić information content (AvgIpc) is 3.68. The second kappa shape index (κ2) is 15.5. The number of hydrogen-bond donors (Lipinski definition) is 0. The molecule has 0 amide bonds. The molecule has 290 valence electrons. The van der Waals surface area contributed by atoms with Gasteiger partial charge in [-0.1, -0.05) is 183 Å². The summed E-state index contributed by atoms with van der Waals surface area (Å²) >= 11 is 0. The van der Waals surface area contributed by atoms with E-state index in [4.69, 9.17) is 0 Å². The highest BCUT2D eigenvalue weighted by molar-refractivity contribution is 6.24. The maximum Gasteiger partial charge on any atom is 0.0625 e. The topological polar surface area (TPSA) is 8.17 Å². The Morgan fingerprint density at radius 2 is 1.00 bits per heavy atom. The molecule has 1 heterocycles. The third-order valence-electron chi connectivity index (χ3n) is 12.5. The number of allylic oxidation sites excluding steroid dienone is 4. The molecule has 2 unspecified atom stereocenters. The Morgan fingerprint density at radius 3 is 1.74 bits per heavy atom. The number of para-hydroxylation sites is 2. The van der Waals surface area contributed by atoms with E-state index in [-0.39, 0.29) is 0 Å². The molecule has 0 saturated heterocycles. The fraction of sp³-hybridized carbons (Fsp3) is 0.0508. The molecule has 61 heavy (non-hydrogen) atoms. The lowest BCUT2D eigenvalue weighted by molar-refractivity contribution is 0.635. The molecule has 9 aromatic carbocycles. The van der Waals surface area contributed by atoms with E-state index in [1.807, 2.05) is 0 Å². The van der Waals surface area contributed by atoms with Crippen molar-refractivity contribution in [2.75, 3.05) is 4.90 Å². The van der Waals surface area contributed by atoms with Gasteiger partial charge < -0.3 is 9.47 Å². The lowest BCUT2D eigenvalue weighted by Crippen LogP contribution is -2.12. The van der Waals surface area contributed by atoms with Gasteiger partial charge in [0.1, 0.15) is 0 Å². The van der Waals surface area contributed by atoms with Crippen LogP contribution >= 0.6 is 0 Å². The molecule has 0 saturated carbocycles. The lowest BCUT2D eigenvalue weighted by Gasteiger charge is -2.28. The van der Waals surface area contributed by atoms with Gasteiger partial charge in [-0.15, -0.1) is 0 Å². The van der Waals surface area contributed by atoms with E-state index in [0.717, 1.165) is 22.7 Å². The first-order valence-electron chi connectivity index (χ1n) is 21.3. The number of rotatable bonds is 8. The molecule has 0 N–H and O–H groups in total. The monoisotopic (exact) mass is 780 g/mol. The minimum Gasteiger partial charge on any atom is -0.310 e. The van der Waals surface area contributed by atoms with Crippen LogP contribution < -0.4 is 4.90 Å². The minimum atomic E-state index is 0.312. The minimum absolute atomic E-state index is 0.312. The molecule has 0 spiro atoms. The molecule has 0 fully saturated rings. The summed E-state index contributed by atoms with van der Waals surface area (Å²) in [5.41, 5.74) is 15.5. The van der Waals surface area contributed by atoms with Crippen molar-refractivity contribution in [1.29, 1.82) is 0 Å². The normalized spacial score (nSPS) is 14.8. The highest BCUT2D eigenvalue weighted by Gasteiger charge is 2.22. The molecule has 1 aliphatic carbocycles. The van der Waals surface area contributed by atoms with Crippen molar-refractivity contribution >= 4 is 49.6 Å². The number of hydrogen-bond acceptors (Lipinski definition) is 1. The van der Waals surface area contributed by atoms with E-state index < -0.39 is 0 Å². The molecule has 2 heteroatoms. The Kier molecular flexibility index (Phi) is 9.24. The van der Waals surface area contributed by atoms with Crippen LogP contribution in [0, 0.1) is 5.92 Å². The Morgan fingerprint density at radius 1 is 0.426 bits per heavy atom. The van der Waals surface area contributed by atoms with Crippen LogP contribution in [0.5, 0.6) is 0 Å². The number of benzene rings is 9. The SMILES string of the molecule is CC1C=CC=CC1c1cccc(N(c2ccc(-c3ccc(-c4ccccc4)cc3)cc2)c2cccc(-c3cc4ccccc4c4c3c3ccccc3n4-c3ccccc3)c2)c1. The zero-order valence-electron chi connectivity index (χ0n) is 34.1. The first kappa shape index (κ1) is 36.4. The van der Waals surface area contributed by atoms with Crippen LogP contribution in [-0.2, 0) is 0 Å². The van der Waals surface area contributed by atoms with Gasteiger partial charge in [0, 0.05) is 44.8 Å². The Balaban J connectivity index is 1.07. The third-order valence-corrected chi connectivity index (χ3v) is 12.5. The largest absolute Gasteiger partial charge is 0.310 e. The molecule has 10 aromatic rings. The van der Waals surface area contributed by atoms with Crippen LogP contribution in [0.15, 0.2) is 237 Å². The molecular weight excluding hydrogens is 737 g/mol. The summed E-state index contributed by atoms with van der Waals surface area (Å²) < 4.78 is 2.45. The van der Waals surface area contributed by atoms with E-state index in [9.17, 15) is 0 Å². The molecule has 0 radical (unpaired) electrons. The van der Waals surface area contributed by atoms with E-state index in [2.05, 4.69) is 253 Å². The summed E-state index contributed by atoms with van der Waals surface area (Å²) in [5.74, 6) is 0.727. The van der Waals surface area contributed by atoms with Crippen LogP contribution in [0.25, 0.3) is 71.6 Å². The van der Waals surface area contributed by atoms with Gasteiger partial charge in [0.15, 0.2) is 0 Å². The van der Waals surface area contributed by atoms with Crippen molar-refractivity contribution in [3.05, 3.63) is 242 Å². The van der Waals surface area contributed by atoms with Crippen molar-refractivity contribution < 1.29 is 0 Å².